The van der Waals surface area contributed by atoms with Crippen molar-refractivity contribution in [2.45, 2.75) is 6.92 Å². The van der Waals surface area contributed by atoms with Gasteiger partial charge in [0.1, 0.15) is 11.8 Å². The molecule has 12 heavy (non-hydrogen) atoms. The molecule has 2 N–H and O–H groups in total. The molecule has 62 valence electrons. The minimum absolute atomic E-state index is 0.519. The zero-order chi connectivity index (χ0) is 8.97. The zero-order valence-corrected chi connectivity index (χ0v) is 6.87. The molecule has 0 spiro atoms. The number of nitriles is 1. The molecule has 1 aromatic rings. The fraction of sp³-hybridized carbons (Fsp3) is 0.222. The van der Waals surface area contributed by atoms with Crippen molar-refractivity contribution in [2.75, 3.05) is 12.3 Å². The smallest absolute Gasteiger partial charge is 0.139 e. The lowest BCUT2D eigenvalue weighted by atomic mass is 10.2. The van der Waals surface area contributed by atoms with Crippen LogP contribution in [0.4, 0.5) is 5.69 Å². The van der Waals surface area contributed by atoms with Gasteiger partial charge < -0.3 is 10.5 Å². The van der Waals surface area contributed by atoms with Crippen molar-refractivity contribution in [2.24, 2.45) is 0 Å². The highest BCUT2D eigenvalue weighted by Gasteiger charge is 2.01. The summed E-state index contributed by atoms with van der Waals surface area (Å²) in [6, 6.07) is 7.02. The Bertz CT molecular complexity index is 315. The Balaban J connectivity index is 3.06. The molecule has 1 rings (SSSR count). The quantitative estimate of drug-likeness (QED) is 0.671. The number of nitrogens with zero attached hydrogens (tertiary/aromatic N) is 1. The predicted octanol–water partition coefficient (Wildman–Crippen LogP) is 1.54. The first kappa shape index (κ1) is 8.41. The average molecular weight is 162 g/mol. The van der Waals surface area contributed by atoms with Gasteiger partial charge in [0.15, 0.2) is 0 Å². The van der Waals surface area contributed by atoms with Crippen LogP contribution in [-0.4, -0.2) is 6.61 Å². The first-order valence-electron chi connectivity index (χ1n) is 3.70. The second-order valence-corrected chi connectivity index (χ2v) is 2.30. The second kappa shape index (κ2) is 3.63. The highest BCUT2D eigenvalue weighted by molar-refractivity contribution is 5.52. The van der Waals surface area contributed by atoms with Gasteiger partial charge in [0.05, 0.1) is 12.2 Å². The molecule has 0 aliphatic carbocycles. The molecule has 0 fully saturated rings. The van der Waals surface area contributed by atoms with Crippen LogP contribution in [0.3, 0.4) is 0 Å². The van der Waals surface area contributed by atoms with Gasteiger partial charge in [0.25, 0.3) is 0 Å². The Morgan fingerprint density at radius 2 is 2.33 bits per heavy atom. The number of benzene rings is 1. The van der Waals surface area contributed by atoms with Crippen molar-refractivity contribution < 1.29 is 4.74 Å². The number of nitrogen functional groups attached to an aromatic ring is 1. The van der Waals surface area contributed by atoms with E-state index in [4.69, 9.17) is 15.7 Å². The number of hydrogen-bond acceptors (Lipinski definition) is 3. The van der Waals surface area contributed by atoms with Gasteiger partial charge in [-0.1, -0.05) is 0 Å². The lowest BCUT2D eigenvalue weighted by molar-refractivity contribution is 0.339. The molecule has 0 atom stereocenters. The topological polar surface area (TPSA) is 59.0 Å². The standard InChI is InChI=1S/C9H10N2O/c1-2-12-9-5-8(11)4-3-7(9)6-10/h3-5H,2,11H2,1H3. The van der Waals surface area contributed by atoms with Crippen molar-refractivity contribution in [3.05, 3.63) is 23.8 Å². The lowest BCUT2D eigenvalue weighted by Gasteiger charge is -2.04. The summed E-state index contributed by atoms with van der Waals surface area (Å²) in [5.74, 6) is 0.556. The molecular formula is C9H10N2O. The molecule has 0 amide bonds. The molecule has 1 aromatic carbocycles. The maximum absolute atomic E-state index is 8.67. The highest BCUT2D eigenvalue weighted by Crippen LogP contribution is 2.20. The van der Waals surface area contributed by atoms with Crippen LogP contribution in [0, 0.1) is 11.3 Å². The Labute approximate surface area is 71.4 Å². The van der Waals surface area contributed by atoms with E-state index in [0.29, 0.717) is 23.6 Å². The van der Waals surface area contributed by atoms with Crippen molar-refractivity contribution in [1.82, 2.24) is 0 Å². The third kappa shape index (κ3) is 1.67. The molecular weight excluding hydrogens is 152 g/mol. The van der Waals surface area contributed by atoms with Crippen molar-refractivity contribution in [1.29, 1.82) is 5.26 Å². The van der Waals surface area contributed by atoms with E-state index in [2.05, 4.69) is 0 Å². The zero-order valence-electron chi connectivity index (χ0n) is 6.87. The van der Waals surface area contributed by atoms with Gasteiger partial charge in [-0.15, -0.1) is 0 Å². The first-order chi connectivity index (χ1) is 5.77. The van der Waals surface area contributed by atoms with Gasteiger partial charge in [0, 0.05) is 11.8 Å². The van der Waals surface area contributed by atoms with Crippen LogP contribution in [0.5, 0.6) is 5.75 Å². The summed E-state index contributed by atoms with van der Waals surface area (Å²) in [6.45, 7) is 2.41. The molecule has 0 aliphatic rings. The van der Waals surface area contributed by atoms with Crippen molar-refractivity contribution in [3.63, 3.8) is 0 Å². The maximum atomic E-state index is 8.67. The highest BCUT2D eigenvalue weighted by atomic mass is 16.5. The second-order valence-electron chi connectivity index (χ2n) is 2.30. The van der Waals surface area contributed by atoms with Crippen LogP contribution in [-0.2, 0) is 0 Å². The van der Waals surface area contributed by atoms with Crippen molar-refractivity contribution in [3.8, 4) is 11.8 Å². The molecule has 0 radical (unpaired) electrons. The van der Waals surface area contributed by atoms with Gasteiger partial charge in [-0.3, -0.25) is 0 Å². The summed E-state index contributed by atoms with van der Waals surface area (Å²) in [7, 11) is 0. The molecule has 3 heteroatoms. The van der Waals surface area contributed by atoms with E-state index in [1.54, 1.807) is 18.2 Å². The van der Waals surface area contributed by atoms with Gasteiger partial charge >= 0.3 is 0 Å². The molecule has 0 unspecified atom stereocenters. The van der Waals surface area contributed by atoms with E-state index in [9.17, 15) is 0 Å². The van der Waals surface area contributed by atoms with E-state index in [-0.39, 0.29) is 0 Å². The third-order valence-corrected chi connectivity index (χ3v) is 1.43. The SMILES string of the molecule is CCOc1cc(N)ccc1C#N. The van der Waals surface area contributed by atoms with E-state index >= 15 is 0 Å². The summed E-state index contributed by atoms with van der Waals surface area (Å²) in [6.07, 6.45) is 0. The molecule has 0 heterocycles. The van der Waals surface area contributed by atoms with E-state index in [0.717, 1.165) is 0 Å². The van der Waals surface area contributed by atoms with E-state index in [1.165, 1.54) is 0 Å². The molecule has 3 nitrogen and oxygen atoms in total. The van der Waals surface area contributed by atoms with Gasteiger partial charge in [-0.05, 0) is 19.1 Å². The number of rotatable bonds is 2. The number of ether oxygens (including phenoxy) is 1. The Kier molecular flexibility index (Phi) is 2.54. The molecule has 0 saturated carbocycles. The maximum Gasteiger partial charge on any atom is 0.139 e. The minimum atomic E-state index is 0.519. The van der Waals surface area contributed by atoms with E-state index in [1.807, 2.05) is 13.0 Å². The van der Waals surface area contributed by atoms with Crippen LogP contribution in [0.25, 0.3) is 0 Å². The molecule has 0 saturated heterocycles. The number of nitrogens with two attached hydrogens (primary N) is 1. The Morgan fingerprint density at radius 3 is 2.92 bits per heavy atom. The summed E-state index contributed by atoms with van der Waals surface area (Å²) < 4.78 is 5.21. The predicted molar refractivity (Wildman–Crippen MR) is 46.7 cm³/mol. The van der Waals surface area contributed by atoms with Crippen LogP contribution in [0.15, 0.2) is 18.2 Å². The fourth-order valence-electron chi connectivity index (χ4n) is 0.906. The van der Waals surface area contributed by atoms with Crippen LogP contribution in [0.2, 0.25) is 0 Å². The molecule has 0 aromatic heterocycles. The lowest BCUT2D eigenvalue weighted by Crippen LogP contribution is -1.95. The first-order valence-corrected chi connectivity index (χ1v) is 3.70. The normalized spacial score (nSPS) is 9.00. The summed E-state index contributed by atoms with van der Waals surface area (Å²) >= 11 is 0. The molecule has 0 bridgehead atoms. The average Bonchev–Trinajstić information content (AvgIpc) is 2.05. The summed E-state index contributed by atoms with van der Waals surface area (Å²) in [4.78, 5) is 0. The number of hydrogen-bond donors (Lipinski definition) is 1. The van der Waals surface area contributed by atoms with Crippen molar-refractivity contribution >= 4 is 5.69 Å². The number of anilines is 1. The third-order valence-electron chi connectivity index (χ3n) is 1.43. The monoisotopic (exact) mass is 162 g/mol. The summed E-state index contributed by atoms with van der Waals surface area (Å²) in [5, 5.41) is 8.67. The van der Waals surface area contributed by atoms with Crippen LogP contribution in [0.1, 0.15) is 12.5 Å². The fourth-order valence-corrected chi connectivity index (χ4v) is 0.906. The summed E-state index contributed by atoms with van der Waals surface area (Å²) in [5.41, 5.74) is 6.65. The van der Waals surface area contributed by atoms with Crippen LogP contribution >= 0.6 is 0 Å². The van der Waals surface area contributed by atoms with Gasteiger partial charge in [-0.2, -0.15) is 5.26 Å². The van der Waals surface area contributed by atoms with Crippen LogP contribution < -0.4 is 10.5 Å². The Hall–Kier alpha value is -1.69. The van der Waals surface area contributed by atoms with Gasteiger partial charge in [0.2, 0.25) is 0 Å². The molecule has 0 aliphatic heterocycles. The van der Waals surface area contributed by atoms with Gasteiger partial charge in [-0.25, -0.2) is 0 Å². The van der Waals surface area contributed by atoms with E-state index < -0.39 is 0 Å². The Morgan fingerprint density at radius 1 is 1.58 bits per heavy atom. The largest absolute Gasteiger partial charge is 0.492 e. The minimum Gasteiger partial charge on any atom is -0.492 e.